The van der Waals surface area contributed by atoms with Crippen LogP contribution in [0.4, 0.5) is 5.69 Å². The summed E-state index contributed by atoms with van der Waals surface area (Å²) in [5, 5.41) is 13.6. The SMILES string of the molecule is O=C(Nc1ccncc1)C1=C(O)CCc2c1nc1cc(Cl)ccn21. The summed E-state index contributed by atoms with van der Waals surface area (Å²) < 4.78 is 1.90. The number of aliphatic hydroxyl groups excluding tert-OH is 1. The van der Waals surface area contributed by atoms with Crippen LogP contribution in [0.15, 0.2) is 48.6 Å². The predicted molar refractivity (Wildman–Crippen MR) is 90.9 cm³/mol. The molecule has 0 radical (unpaired) electrons. The molecule has 4 rings (SSSR count). The number of anilines is 1. The maximum atomic E-state index is 12.7. The lowest BCUT2D eigenvalue weighted by Crippen LogP contribution is -2.19. The topological polar surface area (TPSA) is 79.5 Å². The fourth-order valence-electron chi connectivity index (χ4n) is 2.88. The number of fused-ring (bicyclic) bond motifs is 3. The number of imidazole rings is 1. The number of amides is 1. The summed E-state index contributed by atoms with van der Waals surface area (Å²) in [6.07, 6.45) is 5.99. The third-order valence-electron chi connectivity index (χ3n) is 3.98. The molecule has 3 aromatic heterocycles. The number of aryl methyl sites for hydroxylation is 1. The number of pyridine rings is 2. The van der Waals surface area contributed by atoms with Gasteiger partial charge in [-0.25, -0.2) is 4.98 Å². The molecular formula is C17H13ClN4O2. The van der Waals surface area contributed by atoms with Gasteiger partial charge in [-0.2, -0.15) is 0 Å². The Balaban J connectivity index is 1.78. The molecule has 0 spiro atoms. The van der Waals surface area contributed by atoms with Crippen LogP contribution in [0.5, 0.6) is 0 Å². The van der Waals surface area contributed by atoms with Crippen LogP contribution in [-0.4, -0.2) is 25.4 Å². The van der Waals surface area contributed by atoms with E-state index in [4.69, 9.17) is 11.6 Å². The number of rotatable bonds is 2. The first-order valence-corrected chi connectivity index (χ1v) is 7.81. The van der Waals surface area contributed by atoms with Crippen molar-refractivity contribution in [3.63, 3.8) is 0 Å². The Kier molecular flexibility index (Phi) is 3.46. The zero-order valence-electron chi connectivity index (χ0n) is 12.5. The zero-order valence-corrected chi connectivity index (χ0v) is 13.3. The highest BCUT2D eigenvalue weighted by Crippen LogP contribution is 2.32. The quantitative estimate of drug-likeness (QED) is 0.750. The van der Waals surface area contributed by atoms with Gasteiger partial charge in [-0.05, 0) is 24.6 Å². The minimum atomic E-state index is -0.394. The van der Waals surface area contributed by atoms with E-state index in [1.165, 1.54) is 0 Å². The molecule has 0 saturated heterocycles. The molecule has 0 saturated carbocycles. The number of carbonyl (C=O) groups excluding carboxylic acids is 1. The molecule has 1 amide bonds. The number of halogens is 1. The van der Waals surface area contributed by atoms with E-state index in [9.17, 15) is 9.90 Å². The number of carbonyl (C=O) groups is 1. The fourth-order valence-corrected chi connectivity index (χ4v) is 3.03. The Bertz CT molecular complexity index is 979. The van der Waals surface area contributed by atoms with Crippen LogP contribution < -0.4 is 5.32 Å². The highest BCUT2D eigenvalue weighted by Gasteiger charge is 2.28. The van der Waals surface area contributed by atoms with Gasteiger partial charge in [-0.15, -0.1) is 0 Å². The number of aliphatic hydroxyl groups is 1. The summed E-state index contributed by atoms with van der Waals surface area (Å²) in [6, 6.07) is 6.87. The summed E-state index contributed by atoms with van der Waals surface area (Å²) in [5.74, 6) is -0.349. The third-order valence-corrected chi connectivity index (χ3v) is 4.21. The van der Waals surface area contributed by atoms with Crippen molar-refractivity contribution in [2.45, 2.75) is 12.8 Å². The van der Waals surface area contributed by atoms with Crippen LogP contribution in [0.25, 0.3) is 11.2 Å². The number of allylic oxidation sites excluding steroid dienone is 1. The number of nitrogens with one attached hydrogen (secondary N) is 1. The first kappa shape index (κ1) is 14.7. The number of nitrogens with zero attached hydrogens (tertiary/aromatic N) is 3. The van der Waals surface area contributed by atoms with Crippen LogP contribution in [0, 0.1) is 0 Å². The lowest BCUT2D eigenvalue weighted by Gasteiger charge is -2.16. The highest BCUT2D eigenvalue weighted by atomic mass is 35.5. The van der Waals surface area contributed by atoms with Crippen molar-refractivity contribution >= 4 is 34.4 Å². The molecule has 2 N–H and O–H groups in total. The number of hydrogen-bond donors (Lipinski definition) is 2. The smallest absolute Gasteiger partial charge is 0.261 e. The highest BCUT2D eigenvalue weighted by molar-refractivity contribution is 6.31. The lowest BCUT2D eigenvalue weighted by atomic mass is 9.97. The summed E-state index contributed by atoms with van der Waals surface area (Å²) in [4.78, 5) is 21.1. The molecule has 0 atom stereocenters. The van der Waals surface area contributed by atoms with E-state index >= 15 is 0 Å². The van der Waals surface area contributed by atoms with Gasteiger partial charge >= 0.3 is 0 Å². The Morgan fingerprint density at radius 2 is 2.04 bits per heavy atom. The van der Waals surface area contributed by atoms with Crippen LogP contribution >= 0.6 is 11.6 Å². The van der Waals surface area contributed by atoms with Gasteiger partial charge in [0.25, 0.3) is 5.91 Å². The van der Waals surface area contributed by atoms with E-state index in [0.29, 0.717) is 34.9 Å². The Hall–Kier alpha value is -2.86. The average molecular weight is 341 g/mol. The summed E-state index contributed by atoms with van der Waals surface area (Å²) in [5.41, 5.74) is 2.84. The molecule has 3 aromatic rings. The monoisotopic (exact) mass is 340 g/mol. The van der Waals surface area contributed by atoms with Gasteiger partial charge in [0, 0.05) is 41.8 Å². The molecule has 6 nitrogen and oxygen atoms in total. The third kappa shape index (κ3) is 2.41. The molecular weight excluding hydrogens is 328 g/mol. The molecule has 120 valence electrons. The van der Waals surface area contributed by atoms with E-state index in [0.717, 1.165) is 5.69 Å². The van der Waals surface area contributed by atoms with Crippen LogP contribution in [0.1, 0.15) is 17.8 Å². The van der Waals surface area contributed by atoms with Gasteiger partial charge in [-0.3, -0.25) is 9.78 Å². The van der Waals surface area contributed by atoms with Crippen LogP contribution in [0.2, 0.25) is 5.02 Å². The Labute approximate surface area is 142 Å². The molecule has 0 aromatic carbocycles. The minimum absolute atomic E-state index is 0.0450. The van der Waals surface area contributed by atoms with Crippen molar-refractivity contribution in [3.05, 3.63) is 65.0 Å². The molecule has 24 heavy (non-hydrogen) atoms. The second-order valence-electron chi connectivity index (χ2n) is 5.49. The van der Waals surface area contributed by atoms with E-state index in [2.05, 4.69) is 15.3 Å². The van der Waals surface area contributed by atoms with Gasteiger partial charge < -0.3 is 14.8 Å². The van der Waals surface area contributed by atoms with E-state index in [1.54, 1.807) is 36.7 Å². The van der Waals surface area contributed by atoms with Crippen molar-refractivity contribution in [2.75, 3.05) is 5.32 Å². The fraction of sp³-hybridized carbons (Fsp3) is 0.118. The maximum Gasteiger partial charge on any atom is 0.261 e. The summed E-state index contributed by atoms with van der Waals surface area (Å²) in [6.45, 7) is 0. The van der Waals surface area contributed by atoms with Gasteiger partial charge in [0.05, 0.1) is 5.69 Å². The molecule has 1 aliphatic rings. The van der Waals surface area contributed by atoms with E-state index in [1.807, 2.05) is 10.6 Å². The number of aromatic nitrogens is 3. The Morgan fingerprint density at radius 3 is 2.83 bits per heavy atom. The minimum Gasteiger partial charge on any atom is -0.511 e. The van der Waals surface area contributed by atoms with Gasteiger partial charge in [-0.1, -0.05) is 11.6 Å². The van der Waals surface area contributed by atoms with Crippen molar-refractivity contribution in [2.24, 2.45) is 0 Å². The average Bonchev–Trinajstić information content (AvgIpc) is 2.92. The van der Waals surface area contributed by atoms with Crippen LogP contribution in [0.3, 0.4) is 0 Å². The largest absolute Gasteiger partial charge is 0.511 e. The van der Waals surface area contributed by atoms with Crippen molar-refractivity contribution in [3.8, 4) is 0 Å². The molecule has 0 unspecified atom stereocenters. The Morgan fingerprint density at radius 1 is 1.25 bits per heavy atom. The standard InChI is InChI=1S/C17H13ClN4O2/c18-10-5-8-22-12-1-2-13(23)15(16(12)21-14(22)9-10)17(24)20-11-3-6-19-7-4-11/h3-9,23H,1-2H2,(H,19,20,24). The van der Waals surface area contributed by atoms with Gasteiger partial charge in [0.2, 0.25) is 0 Å². The van der Waals surface area contributed by atoms with Gasteiger partial charge in [0.1, 0.15) is 22.7 Å². The molecule has 1 aliphatic carbocycles. The van der Waals surface area contributed by atoms with E-state index in [-0.39, 0.29) is 11.3 Å². The molecule has 0 bridgehead atoms. The van der Waals surface area contributed by atoms with Crippen molar-refractivity contribution in [1.82, 2.24) is 14.4 Å². The van der Waals surface area contributed by atoms with Crippen molar-refractivity contribution in [1.29, 1.82) is 0 Å². The summed E-state index contributed by atoms with van der Waals surface area (Å²) in [7, 11) is 0. The van der Waals surface area contributed by atoms with Crippen LogP contribution in [-0.2, 0) is 11.2 Å². The van der Waals surface area contributed by atoms with E-state index < -0.39 is 5.91 Å². The predicted octanol–water partition coefficient (Wildman–Crippen LogP) is 3.24. The molecule has 7 heteroatoms. The molecule has 0 fully saturated rings. The number of hydrogen-bond acceptors (Lipinski definition) is 4. The second kappa shape index (κ2) is 5.65. The summed E-state index contributed by atoms with van der Waals surface area (Å²) >= 11 is 6.02. The van der Waals surface area contributed by atoms with Crippen molar-refractivity contribution < 1.29 is 9.90 Å². The maximum absolute atomic E-state index is 12.7. The zero-order chi connectivity index (χ0) is 16.7. The molecule has 3 heterocycles. The first-order valence-electron chi connectivity index (χ1n) is 7.44. The second-order valence-corrected chi connectivity index (χ2v) is 5.93. The lowest BCUT2D eigenvalue weighted by molar-refractivity contribution is -0.111. The first-order chi connectivity index (χ1) is 11.6. The molecule has 0 aliphatic heterocycles. The van der Waals surface area contributed by atoms with Gasteiger partial charge in [0.15, 0.2) is 0 Å². The normalized spacial score (nSPS) is 13.9.